The smallest absolute Gasteiger partial charge is 0.316 e. The molecular weight excluding hydrogens is 352 g/mol. The molecule has 0 radical (unpaired) electrons. The number of amides is 1. The Kier molecular flexibility index (Phi) is 4.29. The maximum absolute atomic E-state index is 12.3. The molecule has 0 saturated carbocycles. The molecule has 0 aliphatic rings. The van der Waals surface area contributed by atoms with Crippen molar-refractivity contribution in [2.75, 3.05) is 11.1 Å². The van der Waals surface area contributed by atoms with Gasteiger partial charge >= 0.3 is 5.22 Å². The predicted octanol–water partition coefficient (Wildman–Crippen LogP) is 3.20. The van der Waals surface area contributed by atoms with Crippen LogP contribution in [0.25, 0.3) is 11.1 Å². The molecule has 0 spiro atoms. The molecule has 8 heteroatoms. The van der Waals surface area contributed by atoms with Crippen LogP contribution in [0.4, 0.5) is 5.69 Å². The van der Waals surface area contributed by atoms with E-state index in [1.807, 2.05) is 6.92 Å². The number of hydrogen-bond acceptors (Lipinski definition) is 5. The molecule has 0 aliphatic carbocycles. The van der Waals surface area contributed by atoms with Gasteiger partial charge in [-0.2, -0.15) is 4.98 Å². The molecular formula is C16H13ClN2O4S. The Morgan fingerprint density at radius 3 is 2.71 bits per heavy atom. The molecule has 124 valence electrons. The molecule has 0 atom stereocenters. The number of nitrogens with one attached hydrogen (secondary N) is 1. The number of rotatable bonds is 4. The second-order valence-corrected chi connectivity index (χ2v) is 7.51. The summed E-state index contributed by atoms with van der Waals surface area (Å²) in [7, 11) is -4.00. The van der Waals surface area contributed by atoms with E-state index in [0.29, 0.717) is 21.8 Å². The highest BCUT2D eigenvalue weighted by Crippen LogP contribution is 2.23. The maximum atomic E-state index is 12.3. The summed E-state index contributed by atoms with van der Waals surface area (Å²) in [4.78, 5) is 15.9. The second-order valence-electron chi connectivity index (χ2n) is 5.24. The van der Waals surface area contributed by atoms with E-state index in [-0.39, 0.29) is 0 Å². The number of hydrogen-bond donors (Lipinski definition) is 1. The summed E-state index contributed by atoms with van der Waals surface area (Å²) in [6.07, 6.45) is 0. The molecule has 0 unspecified atom stereocenters. The van der Waals surface area contributed by atoms with Crippen molar-refractivity contribution in [3.63, 3.8) is 0 Å². The largest absolute Gasteiger partial charge is 0.428 e. The van der Waals surface area contributed by atoms with Crippen LogP contribution in [0.5, 0.6) is 0 Å². The summed E-state index contributed by atoms with van der Waals surface area (Å²) < 4.78 is 29.8. The van der Waals surface area contributed by atoms with Gasteiger partial charge in [0.2, 0.25) is 15.7 Å². The predicted molar refractivity (Wildman–Crippen MR) is 90.9 cm³/mol. The molecule has 0 fully saturated rings. The molecule has 1 aromatic heterocycles. The van der Waals surface area contributed by atoms with Crippen molar-refractivity contribution in [1.29, 1.82) is 0 Å². The van der Waals surface area contributed by atoms with Gasteiger partial charge in [-0.05, 0) is 36.8 Å². The third-order valence-corrected chi connectivity index (χ3v) is 4.92. The Hall–Kier alpha value is -2.38. The summed E-state index contributed by atoms with van der Waals surface area (Å²) in [5.74, 6) is -1.51. The van der Waals surface area contributed by atoms with Gasteiger partial charge in [0.25, 0.3) is 0 Å². The van der Waals surface area contributed by atoms with Crippen LogP contribution in [0.2, 0.25) is 5.02 Å². The summed E-state index contributed by atoms with van der Waals surface area (Å²) in [6, 6.07) is 11.7. The Morgan fingerprint density at radius 1 is 1.25 bits per heavy atom. The number of aromatic nitrogens is 1. The van der Waals surface area contributed by atoms with Gasteiger partial charge in [-0.3, -0.25) is 4.79 Å². The average Bonchev–Trinajstić information content (AvgIpc) is 2.94. The lowest BCUT2D eigenvalue weighted by molar-refractivity contribution is -0.113. The molecule has 3 aromatic rings. The minimum Gasteiger partial charge on any atom is -0.428 e. The van der Waals surface area contributed by atoms with E-state index in [9.17, 15) is 13.2 Å². The molecule has 3 rings (SSSR count). The highest BCUT2D eigenvalue weighted by atomic mass is 35.5. The van der Waals surface area contributed by atoms with Gasteiger partial charge in [0, 0.05) is 0 Å². The van der Waals surface area contributed by atoms with Crippen LogP contribution in [0.1, 0.15) is 5.56 Å². The van der Waals surface area contributed by atoms with Gasteiger partial charge in [0.15, 0.2) is 5.58 Å². The first-order valence-electron chi connectivity index (χ1n) is 6.99. The first-order valence-corrected chi connectivity index (χ1v) is 9.02. The normalized spacial score (nSPS) is 11.6. The highest BCUT2D eigenvalue weighted by molar-refractivity contribution is 7.91. The lowest BCUT2D eigenvalue weighted by atomic mass is 10.2. The van der Waals surface area contributed by atoms with E-state index in [0.717, 1.165) is 5.56 Å². The van der Waals surface area contributed by atoms with E-state index >= 15 is 0 Å². The molecule has 1 N–H and O–H groups in total. The molecule has 24 heavy (non-hydrogen) atoms. The van der Waals surface area contributed by atoms with Gasteiger partial charge in [0.05, 0.1) is 10.7 Å². The number of benzene rings is 2. The van der Waals surface area contributed by atoms with Gasteiger partial charge in [-0.15, -0.1) is 0 Å². The zero-order valence-electron chi connectivity index (χ0n) is 12.6. The second kappa shape index (κ2) is 6.26. The zero-order valence-corrected chi connectivity index (χ0v) is 14.2. The number of fused-ring (bicyclic) bond motifs is 1. The number of aryl methyl sites for hydroxylation is 1. The third kappa shape index (κ3) is 3.42. The molecule has 1 amide bonds. The van der Waals surface area contributed by atoms with Crippen molar-refractivity contribution in [2.24, 2.45) is 0 Å². The standard InChI is InChI=1S/C16H13ClN2O4S/c1-10-6-7-12(11(17)8-10)18-15(20)9-24(21,22)16-19-13-4-2-3-5-14(13)23-16/h2-8H,9H2,1H3,(H,18,20). The first-order chi connectivity index (χ1) is 11.3. The molecule has 0 bridgehead atoms. The topological polar surface area (TPSA) is 89.3 Å². The van der Waals surface area contributed by atoms with Gasteiger partial charge in [0.1, 0.15) is 11.3 Å². The van der Waals surface area contributed by atoms with E-state index in [4.69, 9.17) is 16.0 Å². The van der Waals surface area contributed by atoms with Crippen LogP contribution in [0.15, 0.2) is 52.1 Å². The number of halogens is 1. The lowest BCUT2D eigenvalue weighted by Crippen LogP contribution is -2.23. The summed E-state index contributed by atoms with van der Waals surface area (Å²) >= 11 is 6.02. The number of carbonyl (C=O) groups excluding carboxylic acids is 1. The minimum absolute atomic E-state index is 0.336. The van der Waals surface area contributed by atoms with Crippen LogP contribution in [-0.2, 0) is 14.6 Å². The lowest BCUT2D eigenvalue weighted by Gasteiger charge is -2.07. The maximum Gasteiger partial charge on any atom is 0.316 e. The Morgan fingerprint density at radius 2 is 2.00 bits per heavy atom. The molecule has 1 heterocycles. The number of nitrogens with zero attached hydrogens (tertiary/aromatic N) is 1. The van der Waals surface area contributed by atoms with Crippen LogP contribution < -0.4 is 5.32 Å². The van der Waals surface area contributed by atoms with E-state index in [2.05, 4.69) is 10.3 Å². The SMILES string of the molecule is Cc1ccc(NC(=O)CS(=O)(=O)c2nc3ccccc3o2)c(Cl)c1. The fraction of sp³-hybridized carbons (Fsp3) is 0.125. The minimum atomic E-state index is -4.00. The van der Waals surface area contributed by atoms with Crippen molar-refractivity contribution < 1.29 is 17.6 Å². The Bertz CT molecular complexity index is 994. The van der Waals surface area contributed by atoms with Crippen molar-refractivity contribution in [2.45, 2.75) is 12.1 Å². The third-order valence-electron chi connectivity index (χ3n) is 3.26. The van der Waals surface area contributed by atoms with Crippen LogP contribution in [-0.4, -0.2) is 25.1 Å². The van der Waals surface area contributed by atoms with Gasteiger partial charge in [-0.25, -0.2) is 8.42 Å². The van der Waals surface area contributed by atoms with E-state index < -0.39 is 26.7 Å². The van der Waals surface area contributed by atoms with E-state index in [1.165, 1.54) is 0 Å². The fourth-order valence-electron chi connectivity index (χ4n) is 2.13. The summed E-state index contributed by atoms with van der Waals surface area (Å²) in [6.45, 7) is 1.86. The molecule has 0 aliphatic heterocycles. The van der Waals surface area contributed by atoms with Crippen molar-refractivity contribution in [1.82, 2.24) is 4.98 Å². The number of sulfone groups is 1. The average molecular weight is 365 g/mol. The fourth-order valence-corrected chi connectivity index (χ4v) is 3.40. The molecule has 2 aromatic carbocycles. The monoisotopic (exact) mass is 364 g/mol. The Labute approximate surface area is 143 Å². The van der Waals surface area contributed by atoms with Crippen LogP contribution in [0, 0.1) is 6.92 Å². The number of para-hydroxylation sites is 2. The highest BCUT2D eigenvalue weighted by Gasteiger charge is 2.25. The van der Waals surface area contributed by atoms with Crippen molar-refractivity contribution >= 4 is 44.1 Å². The van der Waals surface area contributed by atoms with Crippen molar-refractivity contribution in [3.05, 3.63) is 53.1 Å². The van der Waals surface area contributed by atoms with Crippen molar-refractivity contribution in [3.8, 4) is 0 Å². The number of oxazole rings is 1. The summed E-state index contributed by atoms with van der Waals surface area (Å²) in [5, 5.41) is 2.34. The van der Waals surface area contributed by atoms with Gasteiger partial charge < -0.3 is 9.73 Å². The first kappa shape index (κ1) is 16.5. The van der Waals surface area contributed by atoms with Gasteiger partial charge in [-0.1, -0.05) is 29.8 Å². The molecule has 0 saturated heterocycles. The zero-order chi connectivity index (χ0) is 17.3. The number of carbonyl (C=O) groups is 1. The van der Waals surface area contributed by atoms with E-state index in [1.54, 1.807) is 42.5 Å². The summed E-state index contributed by atoms with van der Waals surface area (Å²) in [5.41, 5.74) is 2.04. The van der Waals surface area contributed by atoms with Crippen LogP contribution in [0.3, 0.4) is 0 Å². The quantitative estimate of drug-likeness (QED) is 0.767. The molecule has 6 nitrogen and oxygen atoms in total. The Balaban J connectivity index is 1.79. The number of anilines is 1. The van der Waals surface area contributed by atoms with Crippen LogP contribution >= 0.6 is 11.6 Å².